The number of rotatable bonds is 6. The molecule has 0 saturated heterocycles. The van der Waals surface area contributed by atoms with Gasteiger partial charge in [0.1, 0.15) is 23.1 Å². The normalized spacial score (nSPS) is 11.3. The van der Waals surface area contributed by atoms with Crippen LogP contribution in [0.4, 0.5) is 8.78 Å². The number of hydrogen-bond donors (Lipinski definition) is 0. The summed E-state index contributed by atoms with van der Waals surface area (Å²) in [5.41, 5.74) is 3.52. The Balaban J connectivity index is 1.49. The summed E-state index contributed by atoms with van der Waals surface area (Å²) in [6.45, 7) is 2.20. The summed E-state index contributed by atoms with van der Waals surface area (Å²) in [4.78, 5) is 13.5. The third kappa shape index (κ3) is 4.01. The lowest BCUT2D eigenvalue weighted by Gasteiger charge is -2.08. The second-order valence-electron chi connectivity index (χ2n) is 7.27. The first-order valence-electron chi connectivity index (χ1n) is 9.97. The average molecular weight is 448 g/mol. The van der Waals surface area contributed by atoms with Crippen LogP contribution in [0.3, 0.4) is 0 Å². The fourth-order valence-electron chi connectivity index (χ4n) is 3.46. The number of halogens is 2. The minimum atomic E-state index is -0.385. The molecule has 0 atom stereocenters. The van der Waals surface area contributed by atoms with Crippen molar-refractivity contribution in [1.29, 1.82) is 0 Å². The first-order chi connectivity index (χ1) is 15.6. The number of hydrogen-bond acceptors (Lipinski definition) is 5. The van der Waals surface area contributed by atoms with E-state index in [4.69, 9.17) is 9.40 Å². The predicted molar refractivity (Wildman–Crippen MR) is 119 cm³/mol. The molecule has 0 saturated carbocycles. The molecule has 8 heteroatoms. The van der Waals surface area contributed by atoms with Gasteiger partial charge in [0, 0.05) is 11.9 Å². The molecule has 0 radical (unpaired) electrons. The number of aromatic nitrogens is 4. The number of thioether (sulfide) groups is 1. The van der Waals surface area contributed by atoms with Crippen LogP contribution in [-0.4, -0.2) is 19.5 Å². The molecule has 3 aromatic heterocycles. The van der Waals surface area contributed by atoms with E-state index in [0.29, 0.717) is 29.3 Å². The zero-order valence-electron chi connectivity index (χ0n) is 17.1. The van der Waals surface area contributed by atoms with Gasteiger partial charge in [-0.2, -0.15) is 0 Å². The minimum absolute atomic E-state index is 0.243. The van der Waals surface area contributed by atoms with E-state index in [0.717, 1.165) is 21.8 Å². The monoisotopic (exact) mass is 448 g/mol. The van der Waals surface area contributed by atoms with Crippen molar-refractivity contribution in [2.24, 2.45) is 0 Å². The molecule has 3 heterocycles. The molecule has 0 N–H and O–H groups in total. The van der Waals surface area contributed by atoms with Gasteiger partial charge in [-0.05, 0) is 42.8 Å². The molecule has 0 fully saturated rings. The Kier molecular flexibility index (Phi) is 5.45. The fraction of sp³-hybridized carbons (Fsp3) is 0.125. The van der Waals surface area contributed by atoms with Crippen molar-refractivity contribution >= 4 is 22.8 Å². The molecule has 5 aromatic rings. The van der Waals surface area contributed by atoms with Gasteiger partial charge < -0.3 is 8.98 Å². The quantitative estimate of drug-likeness (QED) is 0.298. The third-order valence-corrected chi connectivity index (χ3v) is 6.12. The number of pyridine rings is 1. The highest BCUT2D eigenvalue weighted by Crippen LogP contribution is 2.29. The van der Waals surface area contributed by atoms with E-state index in [9.17, 15) is 8.78 Å². The minimum Gasteiger partial charge on any atom is -0.441 e. The van der Waals surface area contributed by atoms with Gasteiger partial charge in [-0.1, -0.05) is 36.0 Å². The Morgan fingerprint density at radius 1 is 1.03 bits per heavy atom. The van der Waals surface area contributed by atoms with Crippen molar-refractivity contribution in [3.05, 3.63) is 95.6 Å². The highest BCUT2D eigenvalue weighted by Gasteiger charge is 2.18. The van der Waals surface area contributed by atoms with E-state index in [1.54, 1.807) is 36.7 Å². The second kappa shape index (κ2) is 8.55. The molecule has 32 heavy (non-hydrogen) atoms. The van der Waals surface area contributed by atoms with Crippen LogP contribution in [0.5, 0.6) is 0 Å². The van der Waals surface area contributed by atoms with Crippen molar-refractivity contribution in [1.82, 2.24) is 19.5 Å². The zero-order chi connectivity index (χ0) is 22.1. The molecule has 0 bridgehead atoms. The first kappa shape index (κ1) is 20.4. The lowest BCUT2D eigenvalue weighted by atomic mass is 10.2. The summed E-state index contributed by atoms with van der Waals surface area (Å²) in [5, 5.41) is 0.757. The average Bonchev–Trinajstić information content (AvgIpc) is 3.33. The maximum Gasteiger partial charge on any atom is 0.229 e. The van der Waals surface area contributed by atoms with Gasteiger partial charge in [-0.3, -0.25) is 4.98 Å². The Morgan fingerprint density at radius 3 is 2.75 bits per heavy atom. The van der Waals surface area contributed by atoms with Crippen LogP contribution < -0.4 is 0 Å². The van der Waals surface area contributed by atoms with E-state index in [-0.39, 0.29) is 17.5 Å². The standard InChI is InChI=1S/C24H18F2N4OS/c1-15-21(28-23(31-15)18-7-2-3-8-19(18)26)13-30-22-12-27-10-9-20(22)29-24(30)32-14-16-5-4-6-17(25)11-16/h2-12H,13-14H2,1H3. The largest absolute Gasteiger partial charge is 0.441 e. The van der Waals surface area contributed by atoms with Gasteiger partial charge in [0.25, 0.3) is 0 Å². The second-order valence-corrected chi connectivity index (χ2v) is 8.21. The zero-order valence-corrected chi connectivity index (χ0v) is 17.9. The number of imidazole rings is 1. The van der Waals surface area contributed by atoms with Gasteiger partial charge in [-0.15, -0.1) is 0 Å². The Morgan fingerprint density at radius 2 is 1.91 bits per heavy atom. The number of aryl methyl sites for hydroxylation is 1. The topological polar surface area (TPSA) is 56.7 Å². The highest BCUT2D eigenvalue weighted by molar-refractivity contribution is 7.98. The molecule has 0 unspecified atom stereocenters. The maximum absolute atomic E-state index is 14.2. The molecular formula is C24H18F2N4OS. The Hall–Kier alpha value is -3.52. The highest BCUT2D eigenvalue weighted by atomic mass is 32.2. The van der Waals surface area contributed by atoms with Crippen molar-refractivity contribution < 1.29 is 13.2 Å². The van der Waals surface area contributed by atoms with E-state index in [2.05, 4.69) is 9.97 Å². The maximum atomic E-state index is 14.2. The number of benzene rings is 2. The molecule has 0 amide bonds. The van der Waals surface area contributed by atoms with Crippen molar-refractivity contribution in [3.63, 3.8) is 0 Å². The molecule has 0 aliphatic carbocycles. The van der Waals surface area contributed by atoms with Crippen molar-refractivity contribution in [3.8, 4) is 11.5 Å². The van der Waals surface area contributed by atoms with Crippen LogP contribution in [0.2, 0.25) is 0 Å². The molecule has 2 aromatic carbocycles. The smallest absolute Gasteiger partial charge is 0.229 e. The van der Waals surface area contributed by atoms with Gasteiger partial charge in [0.15, 0.2) is 5.16 Å². The predicted octanol–water partition coefficient (Wildman–Crippen LogP) is 6.01. The molecule has 0 aliphatic heterocycles. The Bertz CT molecular complexity index is 1410. The summed E-state index contributed by atoms with van der Waals surface area (Å²) in [7, 11) is 0. The molecule has 5 rings (SSSR count). The van der Waals surface area contributed by atoms with Gasteiger partial charge in [0.05, 0.1) is 29.3 Å². The summed E-state index contributed by atoms with van der Waals surface area (Å²) < 4.78 is 35.5. The van der Waals surface area contributed by atoms with E-state index >= 15 is 0 Å². The summed E-state index contributed by atoms with van der Waals surface area (Å²) in [5.74, 6) is 0.762. The van der Waals surface area contributed by atoms with Crippen LogP contribution in [0.25, 0.3) is 22.5 Å². The van der Waals surface area contributed by atoms with Crippen LogP contribution in [0.1, 0.15) is 17.0 Å². The van der Waals surface area contributed by atoms with Crippen LogP contribution >= 0.6 is 11.8 Å². The summed E-state index contributed by atoms with van der Waals surface area (Å²) >= 11 is 1.50. The summed E-state index contributed by atoms with van der Waals surface area (Å²) in [6.07, 6.45) is 3.44. The van der Waals surface area contributed by atoms with Gasteiger partial charge >= 0.3 is 0 Å². The van der Waals surface area contributed by atoms with E-state index < -0.39 is 0 Å². The molecule has 0 spiro atoms. The SMILES string of the molecule is Cc1oc(-c2ccccc2F)nc1Cn1c(SCc2cccc(F)c2)nc2ccncc21. The van der Waals surface area contributed by atoms with Crippen LogP contribution in [0.15, 0.2) is 76.6 Å². The van der Waals surface area contributed by atoms with Gasteiger partial charge in [-0.25, -0.2) is 18.7 Å². The van der Waals surface area contributed by atoms with E-state index in [1.165, 1.54) is 30.0 Å². The van der Waals surface area contributed by atoms with Gasteiger partial charge in [0.2, 0.25) is 5.89 Å². The molecule has 5 nitrogen and oxygen atoms in total. The fourth-order valence-corrected chi connectivity index (χ4v) is 4.42. The molecular weight excluding hydrogens is 430 g/mol. The third-order valence-electron chi connectivity index (χ3n) is 5.08. The Labute approximate surface area is 187 Å². The number of oxazole rings is 1. The first-order valence-corrected chi connectivity index (χ1v) is 11.0. The van der Waals surface area contributed by atoms with Crippen molar-refractivity contribution in [2.45, 2.75) is 24.4 Å². The van der Waals surface area contributed by atoms with Crippen LogP contribution in [-0.2, 0) is 12.3 Å². The summed E-state index contributed by atoms with van der Waals surface area (Å²) in [6, 6.07) is 14.8. The molecule has 160 valence electrons. The lowest BCUT2D eigenvalue weighted by molar-refractivity contribution is 0.530. The van der Waals surface area contributed by atoms with Crippen LogP contribution in [0, 0.1) is 18.6 Å². The number of nitrogens with zero attached hydrogens (tertiary/aromatic N) is 4. The van der Waals surface area contributed by atoms with E-state index in [1.807, 2.05) is 23.6 Å². The lowest BCUT2D eigenvalue weighted by Crippen LogP contribution is -2.03. The van der Waals surface area contributed by atoms with Crippen molar-refractivity contribution in [2.75, 3.05) is 0 Å². The number of fused-ring (bicyclic) bond motifs is 1. The molecule has 0 aliphatic rings.